The number of nitrogens with one attached hydrogen (secondary N) is 1. The molecule has 0 spiro atoms. The maximum Gasteiger partial charge on any atom is 0.127 e. The summed E-state index contributed by atoms with van der Waals surface area (Å²) < 4.78 is 10.8. The van der Waals surface area contributed by atoms with Gasteiger partial charge in [0.2, 0.25) is 0 Å². The van der Waals surface area contributed by atoms with Gasteiger partial charge < -0.3 is 14.8 Å². The minimum Gasteiger partial charge on any atom is -0.497 e. The van der Waals surface area contributed by atoms with Crippen LogP contribution in [0.25, 0.3) is 0 Å². The van der Waals surface area contributed by atoms with Crippen molar-refractivity contribution in [3.8, 4) is 11.5 Å². The summed E-state index contributed by atoms with van der Waals surface area (Å²) in [5.41, 5.74) is 5.10. The van der Waals surface area contributed by atoms with Crippen LogP contribution in [0.15, 0.2) is 36.4 Å². The van der Waals surface area contributed by atoms with Crippen LogP contribution in [0.5, 0.6) is 11.5 Å². The fourth-order valence-electron chi connectivity index (χ4n) is 3.75. The van der Waals surface area contributed by atoms with E-state index < -0.39 is 0 Å². The Balaban J connectivity index is 1.55. The van der Waals surface area contributed by atoms with E-state index in [1.54, 1.807) is 14.2 Å². The number of methoxy groups -OCH3 is 2. The van der Waals surface area contributed by atoms with Gasteiger partial charge in [-0.3, -0.25) is 4.90 Å². The second kappa shape index (κ2) is 8.45. The quantitative estimate of drug-likeness (QED) is 0.834. The minimum absolute atomic E-state index is 0.546. The van der Waals surface area contributed by atoms with Gasteiger partial charge in [0.25, 0.3) is 0 Å². The maximum atomic E-state index is 5.53. The SMILES string of the molecule is COc1ccc(CN2CCC(Nc3cc(C)cc(C)c3)CC2)c(OC)c1. The highest BCUT2D eigenvalue weighted by atomic mass is 16.5. The third-order valence-electron chi connectivity index (χ3n) is 5.07. The van der Waals surface area contributed by atoms with E-state index in [0.717, 1.165) is 44.0 Å². The molecule has 0 unspecified atom stereocenters. The lowest BCUT2D eigenvalue weighted by atomic mass is 10.0. The van der Waals surface area contributed by atoms with Crippen LogP contribution >= 0.6 is 0 Å². The van der Waals surface area contributed by atoms with Crippen molar-refractivity contribution in [2.75, 3.05) is 32.6 Å². The fraction of sp³-hybridized carbons (Fsp3) is 0.455. The lowest BCUT2D eigenvalue weighted by molar-refractivity contribution is 0.209. The number of anilines is 1. The van der Waals surface area contributed by atoms with E-state index in [0.29, 0.717) is 6.04 Å². The first-order valence-corrected chi connectivity index (χ1v) is 9.35. The normalized spacial score (nSPS) is 15.7. The van der Waals surface area contributed by atoms with Gasteiger partial charge in [-0.05, 0) is 56.0 Å². The zero-order valence-electron chi connectivity index (χ0n) is 16.3. The predicted octanol–water partition coefficient (Wildman–Crippen LogP) is 4.40. The summed E-state index contributed by atoms with van der Waals surface area (Å²) in [5.74, 6) is 1.74. The first-order valence-electron chi connectivity index (χ1n) is 9.35. The smallest absolute Gasteiger partial charge is 0.127 e. The standard InChI is InChI=1S/C22H30N2O2/c1-16-11-17(2)13-20(12-16)23-19-7-9-24(10-8-19)15-18-5-6-21(25-3)14-22(18)26-4/h5-6,11-14,19,23H,7-10,15H2,1-4H3. The Kier molecular flexibility index (Phi) is 6.04. The van der Waals surface area contributed by atoms with E-state index in [-0.39, 0.29) is 0 Å². The van der Waals surface area contributed by atoms with E-state index >= 15 is 0 Å². The Labute approximate surface area is 157 Å². The molecule has 1 aliphatic heterocycles. The summed E-state index contributed by atoms with van der Waals surface area (Å²) in [6.45, 7) is 7.42. The highest BCUT2D eigenvalue weighted by Gasteiger charge is 2.20. The van der Waals surface area contributed by atoms with Crippen LogP contribution in [0.3, 0.4) is 0 Å². The molecule has 4 nitrogen and oxygen atoms in total. The second-order valence-corrected chi connectivity index (χ2v) is 7.25. The Bertz CT molecular complexity index is 717. The molecule has 0 atom stereocenters. The van der Waals surface area contributed by atoms with E-state index in [2.05, 4.69) is 48.3 Å². The molecule has 1 N–H and O–H groups in total. The molecule has 0 bridgehead atoms. The summed E-state index contributed by atoms with van der Waals surface area (Å²) in [5, 5.41) is 3.72. The molecule has 26 heavy (non-hydrogen) atoms. The van der Waals surface area contributed by atoms with Crippen molar-refractivity contribution in [2.45, 2.75) is 39.3 Å². The van der Waals surface area contributed by atoms with Gasteiger partial charge in [-0.2, -0.15) is 0 Å². The molecular weight excluding hydrogens is 324 g/mol. The van der Waals surface area contributed by atoms with Crippen molar-refractivity contribution in [3.05, 3.63) is 53.1 Å². The number of likely N-dealkylation sites (tertiary alicyclic amines) is 1. The van der Waals surface area contributed by atoms with Gasteiger partial charge in [0.05, 0.1) is 14.2 Å². The van der Waals surface area contributed by atoms with Crippen LogP contribution in [-0.4, -0.2) is 38.3 Å². The summed E-state index contributed by atoms with van der Waals surface area (Å²) in [6.07, 6.45) is 2.32. The zero-order chi connectivity index (χ0) is 18.5. The lowest BCUT2D eigenvalue weighted by Crippen LogP contribution is -2.38. The number of benzene rings is 2. The Hall–Kier alpha value is -2.20. The van der Waals surface area contributed by atoms with Gasteiger partial charge in [-0.25, -0.2) is 0 Å². The summed E-state index contributed by atoms with van der Waals surface area (Å²) >= 11 is 0. The van der Waals surface area contributed by atoms with Crippen LogP contribution in [0.4, 0.5) is 5.69 Å². The number of hydrogen-bond acceptors (Lipinski definition) is 4. The molecule has 1 fully saturated rings. The van der Waals surface area contributed by atoms with Crippen molar-refractivity contribution in [1.82, 2.24) is 4.90 Å². The summed E-state index contributed by atoms with van der Waals surface area (Å²) in [6, 6.07) is 13.3. The van der Waals surface area contributed by atoms with E-state index in [4.69, 9.17) is 9.47 Å². The van der Waals surface area contributed by atoms with E-state index in [1.165, 1.54) is 22.4 Å². The summed E-state index contributed by atoms with van der Waals surface area (Å²) in [7, 11) is 3.40. The molecule has 3 rings (SSSR count). The topological polar surface area (TPSA) is 33.7 Å². The molecule has 2 aromatic carbocycles. The van der Waals surface area contributed by atoms with Crippen LogP contribution < -0.4 is 14.8 Å². The van der Waals surface area contributed by atoms with Crippen LogP contribution in [-0.2, 0) is 6.54 Å². The molecule has 4 heteroatoms. The molecule has 0 saturated carbocycles. The molecule has 2 aromatic rings. The zero-order valence-corrected chi connectivity index (χ0v) is 16.3. The van der Waals surface area contributed by atoms with Gasteiger partial charge >= 0.3 is 0 Å². The van der Waals surface area contributed by atoms with Crippen LogP contribution in [0, 0.1) is 13.8 Å². The molecule has 140 valence electrons. The second-order valence-electron chi connectivity index (χ2n) is 7.25. The molecule has 0 aliphatic carbocycles. The summed E-state index contributed by atoms with van der Waals surface area (Å²) in [4.78, 5) is 2.50. The van der Waals surface area contributed by atoms with Crippen molar-refractivity contribution in [3.63, 3.8) is 0 Å². The third-order valence-corrected chi connectivity index (χ3v) is 5.07. The van der Waals surface area contributed by atoms with Crippen molar-refractivity contribution < 1.29 is 9.47 Å². The van der Waals surface area contributed by atoms with Crippen molar-refractivity contribution >= 4 is 5.69 Å². The Morgan fingerprint density at radius 1 is 0.962 bits per heavy atom. The Morgan fingerprint density at radius 2 is 1.65 bits per heavy atom. The van der Waals surface area contributed by atoms with Crippen LogP contribution in [0.2, 0.25) is 0 Å². The predicted molar refractivity (Wildman–Crippen MR) is 107 cm³/mol. The lowest BCUT2D eigenvalue weighted by Gasteiger charge is -2.33. The molecule has 0 amide bonds. The molecule has 0 aromatic heterocycles. The number of rotatable bonds is 6. The number of aryl methyl sites for hydroxylation is 2. The molecule has 1 heterocycles. The maximum absolute atomic E-state index is 5.53. The highest BCUT2D eigenvalue weighted by molar-refractivity contribution is 5.49. The molecular formula is C22H30N2O2. The molecule has 1 aliphatic rings. The fourth-order valence-corrected chi connectivity index (χ4v) is 3.75. The van der Waals surface area contributed by atoms with Crippen molar-refractivity contribution in [1.29, 1.82) is 0 Å². The van der Waals surface area contributed by atoms with Crippen molar-refractivity contribution in [2.24, 2.45) is 0 Å². The van der Waals surface area contributed by atoms with E-state index in [1.807, 2.05) is 12.1 Å². The van der Waals surface area contributed by atoms with Gasteiger partial charge in [-0.15, -0.1) is 0 Å². The van der Waals surface area contributed by atoms with E-state index in [9.17, 15) is 0 Å². The minimum atomic E-state index is 0.546. The average molecular weight is 354 g/mol. The highest BCUT2D eigenvalue weighted by Crippen LogP contribution is 2.27. The molecule has 1 saturated heterocycles. The Morgan fingerprint density at radius 3 is 2.27 bits per heavy atom. The third kappa shape index (κ3) is 4.70. The largest absolute Gasteiger partial charge is 0.497 e. The monoisotopic (exact) mass is 354 g/mol. The van der Waals surface area contributed by atoms with Crippen LogP contribution in [0.1, 0.15) is 29.5 Å². The average Bonchev–Trinajstić information content (AvgIpc) is 2.63. The van der Waals surface area contributed by atoms with Gasteiger partial charge in [0, 0.05) is 43.0 Å². The number of hydrogen-bond donors (Lipinski definition) is 1. The first-order chi connectivity index (χ1) is 12.6. The van der Waals surface area contributed by atoms with Gasteiger partial charge in [-0.1, -0.05) is 12.1 Å². The number of piperidine rings is 1. The number of nitrogens with zero attached hydrogens (tertiary/aromatic N) is 1. The number of ether oxygens (including phenoxy) is 2. The molecule has 0 radical (unpaired) electrons. The first kappa shape index (κ1) is 18.6. The van der Waals surface area contributed by atoms with Gasteiger partial charge in [0.15, 0.2) is 0 Å². The van der Waals surface area contributed by atoms with Gasteiger partial charge in [0.1, 0.15) is 11.5 Å².